The Balaban J connectivity index is 2.56. The van der Waals surface area contributed by atoms with E-state index in [0.29, 0.717) is 17.5 Å². The van der Waals surface area contributed by atoms with Crippen molar-refractivity contribution in [2.24, 2.45) is 0 Å². The van der Waals surface area contributed by atoms with Gasteiger partial charge in [0.2, 0.25) is 0 Å². The maximum atomic E-state index is 12.8. The fourth-order valence-corrected chi connectivity index (χ4v) is 2.00. The van der Waals surface area contributed by atoms with Crippen molar-refractivity contribution < 1.29 is 17.9 Å². The lowest BCUT2D eigenvalue weighted by molar-refractivity contribution is -0.139. The molecule has 0 saturated heterocycles. The summed E-state index contributed by atoms with van der Waals surface area (Å²) in [6.07, 6.45) is -3.06. The highest BCUT2D eigenvalue weighted by Crippen LogP contribution is 2.41. The van der Waals surface area contributed by atoms with Gasteiger partial charge in [0.15, 0.2) is 0 Å². The number of benzene rings is 1. The van der Waals surface area contributed by atoms with Crippen molar-refractivity contribution in [3.8, 4) is 5.75 Å². The van der Waals surface area contributed by atoms with Gasteiger partial charge in [0.25, 0.3) is 0 Å². The first-order valence-electron chi connectivity index (χ1n) is 5.25. The van der Waals surface area contributed by atoms with Crippen LogP contribution in [-0.4, -0.2) is 6.10 Å². The van der Waals surface area contributed by atoms with Crippen molar-refractivity contribution in [3.05, 3.63) is 28.8 Å². The van der Waals surface area contributed by atoms with Crippen molar-refractivity contribution >= 4 is 0 Å². The first-order valence-corrected chi connectivity index (χ1v) is 5.25. The van der Waals surface area contributed by atoms with Crippen molar-refractivity contribution in [3.63, 3.8) is 0 Å². The zero-order chi connectivity index (χ0) is 11.9. The molecular weight excluding hydrogens is 217 g/mol. The van der Waals surface area contributed by atoms with E-state index in [1.54, 1.807) is 19.9 Å². The Morgan fingerprint density at radius 2 is 2.00 bits per heavy atom. The van der Waals surface area contributed by atoms with Crippen LogP contribution < -0.4 is 4.74 Å². The van der Waals surface area contributed by atoms with Crippen LogP contribution in [0.2, 0.25) is 0 Å². The van der Waals surface area contributed by atoms with Crippen LogP contribution in [0, 0.1) is 6.92 Å². The SMILES string of the molecule is Cc1cc2c(c(C(F)(F)F)c1)OC(C)CC2. The molecule has 1 atom stereocenters. The highest BCUT2D eigenvalue weighted by Gasteiger charge is 2.37. The van der Waals surface area contributed by atoms with E-state index >= 15 is 0 Å². The number of alkyl halides is 3. The van der Waals surface area contributed by atoms with Crippen LogP contribution in [0.5, 0.6) is 5.75 Å². The maximum absolute atomic E-state index is 12.8. The summed E-state index contributed by atoms with van der Waals surface area (Å²) in [5.41, 5.74) is 0.656. The van der Waals surface area contributed by atoms with Gasteiger partial charge in [0.05, 0.1) is 11.7 Å². The summed E-state index contributed by atoms with van der Waals surface area (Å²) in [6, 6.07) is 2.92. The second-order valence-electron chi connectivity index (χ2n) is 4.27. The molecule has 4 heteroatoms. The van der Waals surface area contributed by atoms with Gasteiger partial charge >= 0.3 is 6.18 Å². The number of hydrogen-bond donors (Lipinski definition) is 0. The van der Waals surface area contributed by atoms with Gasteiger partial charge in [-0.2, -0.15) is 13.2 Å². The smallest absolute Gasteiger partial charge is 0.419 e. The normalized spacial score (nSPS) is 20.2. The number of rotatable bonds is 0. The zero-order valence-electron chi connectivity index (χ0n) is 9.19. The largest absolute Gasteiger partial charge is 0.490 e. The van der Waals surface area contributed by atoms with E-state index in [4.69, 9.17) is 4.74 Å². The van der Waals surface area contributed by atoms with E-state index in [9.17, 15) is 13.2 Å². The molecule has 0 N–H and O–H groups in total. The predicted octanol–water partition coefficient (Wildman–Crippen LogP) is 3.73. The van der Waals surface area contributed by atoms with Gasteiger partial charge in [-0.15, -0.1) is 0 Å². The van der Waals surface area contributed by atoms with E-state index in [1.807, 2.05) is 0 Å². The predicted molar refractivity (Wildman–Crippen MR) is 54.6 cm³/mol. The fraction of sp³-hybridized carbons (Fsp3) is 0.500. The second kappa shape index (κ2) is 3.68. The number of hydrogen-bond acceptors (Lipinski definition) is 1. The van der Waals surface area contributed by atoms with E-state index in [0.717, 1.165) is 12.5 Å². The highest BCUT2D eigenvalue weighted by atomic mass is 19.4. The van der Waals surface area contributed by atoms with Gasteiger partial charge in [-0.3, -0.25) is 0 Å². The third kappa shape index (κ3) is 2.01. The lowest BCUT2D eigenvalue weighted by atomic mass is 9.97. The van der Waals surface area contributed by atoms with Crippen molar-refractivity contribution in [1.82, 2.24) is 0 Å². The number of fused-ring (bicyclic) bond motifs is 1. The molecule has 2 rings (SSSR count). The average Bonchev–Trinajstić information content (AvgIpc) is 2.16. The molecule has 1 aromatic carbocycles. The molecule has 0 aliphatic carbocycles. The van der Waals surface area contributed by atoms with Crippen molar-refractivity contribution in [2.75, 3.05) is 0 Å². The minimum Gasteiger partial charge on any atom is -0.490 e. The summed E-state index contributed by atoms with van der Waals surface area (Å²) >= 11 is 0. The van der Waals surface area contributed by atoms with Crippen molar-refractivity contribution in [2.45, 2.75) is 39.0 Å². The molecule has 1 heterocycles. The van der Waals surface area contributed by atoms with E-state index in [1.165, 1.54) is 0 Å². The van der Waals surface area contributed by atoms with Crippen LogP contribution in [0.15, 0.2) is 12.1 Å². The van der Waals surface area contributed by atoms with Crippen LogP contribution in [0.3, 0.4) is 0 Å². The van der Waals surface area contributed by atoms with E-state index in [-0.39, 0.29) is 11.9 Å². The standard InChI is InChI=1S/C12H13F3O/c1-7-5-9-4-3-8(2)16-11(9)10(6-7)12(13,14)15/h5-6,8H,3-4H2,1-2H3. The topological polar surface area (TPSA) is 9.23 Å². The van der Waals surface area contributed by atoms with Crippen molar-refractivity contribution in [1.29, 1.82) is 0 Å². The van der Waals surface area contributed by atoms with Gasteiger partial charge in [0, 0.05) is 0 Å². The van der Waals surface area contributed by atoms with Crippen LogP contribution >= 0.6 is 0 Å². The summed E-state index contributed by atoms with van der Waals surface area (Å²) in [4.78, 5) is 0. The third-order valence-corrected chi connectivity index (χ3v) is 2.75. The molecular formula is C12H13F3O. The van der Waals surface area contributed by atoms with Gasteiger partial charge < -0.3 is 4.74 Å². The van der Waals surface area contributed by atoms with Gasteiger partial charge in [-0.05, 0) is 43.9 Å². The van der Waals surface area contributed by atoms with Crippen LogP contribution in [0.4, 0.5) is 13.2 Å². The molecule has 1 aliphatic heterocycles. The summed E-state index contributed by atoms with van der Waals surface area (Å²) in [5, 5.41) is 0. The molecule has 88 valence electrons. The minimum atomic E-state index is -4.34. The monoisotopic (exact) mass is 230 g/mol. The summed E-state index contributed by atoms with van der Waals surface area (Å²) in [5.74, 6) is 0.0249. The quantitative estimate of drug-likeness (QED) is 0.660. The Kier molecular flexibility index (Phi) is 2.60. The maximum Gasteiger partial charge on any atom is 0.419 e. The lowest BCUT2D eigenvalue weighted by Gasteiger charge is -2.26. The Hall–Kier alpha value is -1.19. The Labute approximate surface area is 92.2 Å². The molecule has 0 spiro atoms. The van der Waals surface area contributed by atoms with Crippen LogP contribution in [0.25, 0.3) is 0 Å². The number of aryl methyl sites for hydroxylation is 2. The average molecular weight is 230 g/mol. The molecule has 0 bridgehead atoms. The van der Waals surface area contributed by atoms with Crippen LogP contribution in [-0.2, 0) is 12.6 Å². The Bertz CT molecular complexity index is 409. The molecule has 0 amide bonds. The molecule has 16 heavy (non-hydrogen) atoms. The Morgan fingerprint density at radius 1 is 1.31 bits per heavy atom. The highest BCUT2D eigenvalue weighted by molar-refractivity contribution is 5.47. The number of halogens is 3. The number of ether oxygens (including phenoxy) is 1. The molecule has 1 unspecified atom stereocenters. The summed E-state index contributed by atoms with van der Waals surface area (Å²) < 4.78 is 43.7. The van der Waals surface area contributed by atoms with Gasteiger partial charge in [0.1, 0.15) is 5.75 Å². The fourth-order valence-electron chi connectivity index (χ4n) is 2.00. The molecule has 0 fully saturated rings. The van der Waals surface area contributed by atoms with E-state index in [2.05, 4.69) is 0 Å². The first-order chi connectivity index (χ1) is 7.38. The van der Waals surface area contributed by atoms with E-state index < -0.39 is 11.7 Å². The molecule has 1 nitrogen and oxygen atoms in total. The third-order valence-electron chi connectivity index (χ3n) is 2.75. The van der Waals surface area contributed by atoms with Gasteiger partial charge in [-0.25, -0.2) is 0 Å². The Morgan fingerprint density at radius 3 is 2.62 bits per heavy atom. The summed E-state index contributed by atoms with van der Waals surface area (Å²) in [6.45, 7) is 3.47. The molecule has 0 saturated carbocycles. The summed E-state index contributed by atoms with van der Waals surface area (Å²) in [7, 11) is 0. The molecule has 0 aromatic heterocycles. The zero-order valence-corrected chi connectivity index (χ0v) is 9.19. The molecule has 1 aliphatic rings. The lowest BCUT2D eigenvalue weighted by Crippen LogP contribution is -2.22. The minimum absolute atomic E-state index is 0.0249. The van der Waals surface area contributed by atoms with Crippen LogP contribution in [0.1, 0.15) is 30.0 Å². The first kappa shape index (κ1) is 11.3. The molecule has 1 aromatic rings. The second-order valence-corrected chi connectivity index (χ2v) is 4.27. The van der Waals surface area contributed by atoms with Gasteiger partial charge in [-0.1, -0.05) is 6.07 Å². The molecule has 0 radical (unpaired) electrons.